The Labute approximate surface area is 109 Å². The standard InChI is InChI=1S/C14H11ClN2O/c1-8-3-2-4-12-13(8)17-14(16-12)10-7-9(18)5-6-11(10)15/h2-7,18H,1H3,(H,16,17). The number of rotatable bonds is 1. The molecule has 3 rings (SSSR count). The minimum Gasteiger partial charge on any atom is -0.508 e. The highest BCUT2D eigenvalue weighted by Gasteiger charge is 2.10. The minimum absolute atomic E-state index is 0.173. The lowest BCUT2D eigenvalue weighted by atomic mass is 10.2. The first-order valence-corrected chi connectivity index (χ1v) is 5.97. The second-order valence-corrected chi connectivity index (χ2v) is 4.63. The molecular weight excluding hydrogens is 248 g/mol. The van der Waals surface area contributed by atoms with Gasteiger partial charge in [0.05, 0.1) is 16.1 Å². The zero-order valence-corrected chi connectivity index (χ0v) is 10.5. The number of phenols is 1. The van der Waals surface area contributed by atoms with Crippen LogP contribution in [0.25, 0.3) is 22.4 Å². The summed E-state index contributed by atoms with van der Waals surface area (Å²) in [5.41, 5.74) is 3.69. The summed E-state index contributed by atoms with van der Waals surface area (Å²) in [7, 11) is 0. The highest BCUT2D eigenvalue weighted by atomic mass is 35.5. The van der Waals surface area contributed by atoms with Crippen LogP contribution in [-0.4, -0.2) is 15.1 Å². The largest absolute Gasteiger partial charge is 0.508 e. The predicted molar refractivity (Wildman–Crippen MR) is 72.9 cm³/mol. The summed E-state index contributed by atoms with van der Waals surface area (Å²) in [5, 5.41) is 10.1. The van der Waals surface area contributed by atoms with E-state index in [1.807, 2.05) is 25.1 Å². The SMILES string of the molecule is Cc1cccc2[nH]c(-c3cc(O)ccc3Cl)nc12. The van der Waals surface area contributed by atoms with E-state index in [4.69, 9.17) is 11.6 Å². The molecule has 0 aliphatic carbocycles. The van der Waals surface area contributed by atoms with Crippen LogP contribution in [0.5, 0.6) is 5.75 Å². The Morgan fingerprint density at radius 1 is 1.22 bits per heavy atom. The number of para-hydroxylation sites is 1. The molecule has 18 heavy (non-hydrogen) atoms. The number of aryl methyl sites for hydroxylation is 1. The van der Waals surface area contributed by atoms with Crippen LogP contribution in [0.3, 0.4) is 0 Å². The Morgan fingerprint density at radius 3 is 2.83 bits per heavy atom. The summed E-state index contributed by atoms with van der Waals surface area (Å²) in [5.74, 6) is 0.840. The second-order valence-electron chi connectivity index (χ2n) is 4.22. The van der Waals surface area contributed by atoms with Crippen LogP contribution in [0.4, 0.5) is 0 Å². The number of imidazole rings is 1. The van der Waals surface area contributed by atoms with E-state index in [0.29, 0.717) is 16.4 Å². The Hall–Kier alpha value is -2.00. The molecular formula is C14H11ClN2O. The van der Waals surface area contributed by atoms with Gasteiger partial charge in [-0.3, -0.25) is 0 Å². The molecule has 0 atom stereocenters. The average Bonchev–Trinajstić information content (AvgIpc) is 2.77. The normalized spacial score (nSPS) is 11.0. The third-order valence-electron chi connectivity index (χ3n) is 2.92. The van der Waals surface area contributed by atoms with E-state index in [1.165, 1.54) is 0 Å². The van der Waals surface area contributed by atoms with Crippen molar-refractivity contribution >= 4 is 22.6 Å². The van der Waals surface area contributed by atoms with E-state index in [-0.39, 0.29) is 5.75 Å². The number of fused-ring (bicyclic) bond motifs is 1. The topological polar surface area (TPSA) is 48.9 Å². The fourth-order valence-electron chi connectivity index (χ4n) is 2.00. The maximum absolute atomic E-state index is 9.53. The van der Waals surface area contributed by atoms with Gasteiger partial charge in [-0.15, -0.1) is 0 Å². The summed E-state index contributed by atoms with van der Waals surface area (Å²) in [6.45, 7) is 2.01. The van der Waals surface area contributed by atoms with Crippen molar-refractivity contribution in [3.8, 4) is 17.1 Å². The van der Waals surface area contributed by atoms with E-state index < -0.39 is 0 Å². The number of aromatic nitrogens is 2. The zero-order valence-electron chi connectivity index (χ0n) is 9.74. The van der Waals surface area contributed by atoms with Gasteiger partial charge in [0.2, 0.25) is 0 Å². The van der Waals surface area contributed by atoms with E-state index >= 15 is 0 Å². The number of nitrogens with one attached hydrogen (secondary N) is 1. The zero-order chi connectivity index (χ0) is 12.7. The molecule has 4 heteroatoms. The lowest BCUT2D eigenvalue weighted by Crippen LogP contribution is -1.82. The van der Waals surface area contributed by atoms with Crippen LogP contribution >= 0.6 is 11.6 Å². The van der Waals surface area contributed by atoms with E-state index in [1.54, 1.807) is 18.2 Å². The average molecular weight is 259 g/mol. The first kappa shape index (κ1) is 11.1. The van der Waals surface area contributed by atoms with Crippen LogP contribution in [0.2, 0.25) is 5.02 Å². The van der Waals surface area contributed by atoms with Gasteiger partial charge in [0.15, 0.2) is 0 Å². The Morgan fingerprint density at radius 2 is 2.06 bits per heavy atom. The van der Waals surface area contributed by atoms with E-state index in [0.717, 1.165) is 16.6 Å². The van der Waals surface area contributed by atoms with Gasteiger partial charge in [0.1, 0.15) is 11.6 Å². The molecule has 0 spiro atoms. The number of hydrogen-bond donors (Lipinski definition) is 2. The Balaban J connectivity index is 2.26. The molecule has 3 aromatic rings. The van der Waals surface area contributed by atoms with Crippen molar-refractivity contribution in [1.29, 1.82) is 0 Å². The van der Waals surface area contributed by atoms with Gasteiger partial charge in [0, 0.05) is 5.56 Å². The van der Waals surface area contributed by atoms with Gasteiger partial charge in [-0.1, -0.05) is 23.7 Å². The number of aromatic amines is 1. The summed E-state index contributed by atoms with van der Waals surface area (Å²) < 4.78 is 0. The van der Waals surface area contributed by atoms with Crippen LogP contribution in [0.1, 0.15) is 5.56 Å². The maximum Gasteiger partial charge on any atom is 0.140 e. The second kappa shape index (κ2) is 4.03. The van der Waals surface area contributed by atoms with Crippen molar-refractivity contribution < 1.29 is 5.11 Å². The summed E-state index contributed by atoms with van der Waals surface area (Å²) >= 11 is 6.13. The van der Waals surface area contributed by atoms with Gasteiger partial charge < -0.3 is 10.1 Å². The van der Waals surface area contributed by atoms with Crippen molar-refractivity contribution in [3.05, 3.63) is 47.0 Å². The van der Waals surface area contributed by atoms with Gasteiger partial charge in [-0.05, 0) is 36.8 Å². The smallest absolute Gasteiger partial charge is 0.140 e. The molecule has 2 aromatic carbocycles. The molecule has 0 radical (unpaired) electrons. The monoisotopic (exact) mass is 258 g/mol. The first-order chi connectivity index (χ1) is 8.65. The number of nitrogens with zero attached hydrogens (tertiary/aromatic N) is 1. The molecule has 0 saturated heterocycles. The van der Waals surface area contributed by atoms with Crippen LogP contribution < -0.4 is 0 Å². The first-order valence-electron chi connectivity index (χ1n) is 5.59. The summed E-state index contributed by atoms with van der Waals surface area (Å²) in [4.78, 5) is 7.75. The quantitative estimate of drug-likeness (QED) is 0.695. The molecule has 0 fully saturated rings. The fourth-order valence-corrected chi connectivity index (χ4v) is 2.20. The van der Waals surface area contributed by atoms with E-state index in [9.17, 15) is 5.11 Å². The molecule has 0 aliphatic rings. The van der Waals surface area contributed by atoms with Gasteiger partial charge >= 0.3 is 0 Å². The van der Waals surface area contributed by atoms with Crippen molar-refractivity contribution in [3.63, 3.8) is 0 Å². The third kappa shape index (κ3) is 1.73. The maximum atomic E-state index is 9.53. The molecule has 0 saturated carbocycles. The number of phenolic OH excluding ortho intramolecular Hbond substituents is 1. The van der Waals surface area contributed by atoms with E-state index in [2.05, 4.69) is 9.97 Å². The molecule has 2 N–H and O–H groups in total. The molecule has 0 aliphatic heterocycles. The van der Waals surface area contributed by atoms with Crippen LogP contribution in [-0.2, 0) is 0 Å². The number of halogens is 1. The number of aromatic hydroxyl groups is 1. The van der Waals surface area contributed by atoms with Crippen molar-refractivity contribution in [2.24, 2.45) is 0 Å². The molecule has 0 bridgehead atoms. The van der Waals surface area contributed by atoms with Crippen molar-refractivity contribution in [2.75, 3.05) is 0 Å². The molecule has 1 heterocycles. The Bertz CT molecular complexity index is 734. The molecule has 0 unspecified atom stereocenters. The van der Waals surface area contributed by atoms with Crippen LogP contribution in [0.15, 0.2) is 36.4 Å². The minimum atomic E-state index is 0.173. The Kier molecular flexibility index (Phi) is 2.49. The lowest BCUT2D eigenvalue weighted by molar-refractivity contribution is 0.475. The molecule has 3 nitrogen and oxygen atoms in total. The molecule has 90 valence electrons. The number of H-pyrrole nitrogens is 1. The fraction of sp³-hybridized carbons (Fsp3) is 0.0714. The predicted octanol–water partition coefficient (Wildman–Crippen LogP) is 3.90. The number of hydrogen-bond acceptors (Lipinski definition) is 2. The van der Waals surface area contributed by atoms with Crippen LogP contribution in [0, 0.1) is 6.92 Å². The third-order valence-corrected chi connectivity index (χ3v) is 3.25. The lowest BCUT2D eigenvalue weighted by Gasteiger charge is -2.00. The molecule has 1 aromatic heterocycles. The highest BCUT2D eigenvalue weighted by molar-refractivity contribution is 6.33. The molecule has 0 amide bonds. The number of benzene rings is 2. The van der Waals surface area contributed by atoms with Gasteiger partial charge in [0.25, 0.3) is 0 Å². The van der Waals surface area contributed by atoms with Crippen molar-refractivity contribution in [1.82, 2.24) is 9.97 Å². The van der Waals surface area contributed by atoms with Gasteiger partial charge in [-0.25, -0.2) is 4.98 Å². The highest BCUT2D eigenvalue weighted by Crippen LogP contribution is 2.31. The summed E-state index contributed by atoms with van der Waals surface area (Å²) in [6, 6.07) is 10.8. The summed E-state index contributed by atoms with van der Waals surface area (Å²) in [6.07, 6.45) is 0. The van der Waals surface area contributed by atoms with Crippen molar-refractivity contribution in [2.45, 2.75) is 6.92 Å². The van der Waals surface area contributed by atoms with Gasteiger partial charge in [-0.2, -0.15) is 0 Å².